The Morgan fingerprint density at radius 1 is 1.07 bits per heavy atom. The molecule has 4 aromatic rings. The largest absolute Gasteiger partial charge is 0.455 e. The average Bonchev–Trinajstić information content (AvgIpc) is 3.25. The summed E-state index contributed by atoms with van der Waals surface area (Å²) in [4.78, 5) is 28.0. The molecule has 5 nitrogen and oxygen atoms in total. The molecule has 0 atom stereocenters. The summed E-state index contributed by atoms with van der Waals surface area (Å²) in [5.41, 5.74) is 1.99. The molecule has 0 bridgehead atoms. The number of anilines is 1. The van der Waals surface area contributed by atoms with E-state index in [9.17, 15) is 9.59 Å². The zero-order valence-electron chi connectivity index (χ0n) is 15.8. The van der Waals surface area contributed by atoms with Crippen molar-refractivity contribution in [1.29, 1.82) is 0 Å². The van der Waals surface area contributed by atoms with Gasteiger partial charge in [-0.1, -0.05) is 35.9 Å². The van der Waals surface area contributed by atoms with Gasteiger partial charge in [-0.15, -0.1) is 11.3 Å². The van der Waals surface area contributed by atoms with Crippen molar-refractivity contribution in [3.8, 4) is 5.95 Å². The van der Waals surface area contributed by atoms with E-state index >= 15 is 0 Å². The van der Waals surface area contributed by atoms with Crippen LogP contribution in [0.2, 0.25) is 0 Å². The van der Waals surface area contributed by atoms with Gasteiger partial charge in [0, 0.05) is 10.6 Å². The fourth-order valence-electron chi connectivity index (χ4n) is 3.02. The number of rotatable bonds is 6. The van der Waals surface area contributed by atoms with Crippen LogP contribution in [0.15, 0.2) is 81.3 Å². The first-order valence-corrected chi connectivity index (χ1v) is 10.0. The highest BCUT2D eigenvalue weighted by molar-refractivity contribution is 7.09. The Kier molecular flexibility index (Phi) is 5.44. The van der Waals surface area contributed by atoms with Gasteiger partial charge < -0.3 is 14.1 Å². The van der Waals surface area contributed by atoms with Gasteiger partial charge in [0.05, 0.1) is 18.0 Å². The van der Waals surface area contributed by atoms with Crippen molar-refractivity contribution in [2.75, 3.05) is 11.5 Å². The number of carbonyl (C=O) groups is 1. The Labute approximate surface area is 171 Å². The van der Waals surface area contributed by atoms with Gasteiger partial charge in [0.25, 0.3) is 11.9 Å². The number of ether oxygens (including phenoxy) is 1. The predicted octanol–water partition coefficient (Wildman–Crippen LogP) is 4.78. The lowest BCUT2D eigenvalue weighted by atomic mass is 10.1. The van der Waals surface area contributed by atoms with E-state index in [-0.39, 0.29) is 23.9 Å². The first kappa shape index (κ1) is 19.0. The SMILES string of the molecule is Cc1ccc2oc(OCC(=O)N(Cc3cccs3)c3ccccc3)cc(=O)c2c1. The van der Waals surface area contributed by atoms with Crippen LogP contribution in [0.1, 0.15) is 10.4 Å². The number of fused-ring (bicyclic) bond motifs is 1. The number of hydrogen-bond acceptors (Lipinski definition) is 5. The second-order valence-corrected chi connectivity index (χ2v) is 7.65. The number of thiophene rings is 1. The van der Waals surface area contributed by atoms with Gasteiger partial charge in [0.15, 0.2) is 12.0 Å². The van der Waals surface area contributed by atoms with E-state index in [0.717, 1.165) is 16.1 Å². The lowest BCUT2D eigenvalue weighted by Crippen LogP contribution is -2.34. The molecule has 0 aliphatic rings. The Bertz CT molecular complexity index is 1180. The van der Waals surface area contributed by atoms with Gasteiger partial charge in [-0.2, -0.15) is 0 Å². The summed E-state index contributed by atoms with van der Waals surface area (Å²) in [5, 5.41) is 2.47. The Hall–Kier alpha value is -3.38. The van der Waals surface area contributed by atoms with E-state index in [2.05, 4.69) is 0 Å². The maximum atomic E-state index is 12.9. The van der Waals surface area contributed by atoms with Crippen LogP contribution in [0.4, 0.5) is 5.69 Å². The highest BCUT2D eigenvalue weighted by atomic mass is 32.1. The van der Waals surface area contributed by atoms with Crippen LogP contribution < -0.4 is 15.1 Å². The van der Waals surface area contributed by atoms with Crippen molar-refractivity contribution in [3.63, 3.8) is 0 Å². The third-order valence-corrected chi connectivity index (χ3v) is 5.32. The van der Waals surface area contributed by atoms with Crippen LogP contribution in [0.3, 0.4) is 0 Å². The number of amides is 1. The van der Waals surface area contributed by atoms with Gasteiger partial charge in [0.2, 0.25) is 0 Å². The molecule has 29 heavy (non-hydrogen) atoms. The molecule has 4 rings (SSSR count). The van der Waals surface area contributed by atoms with Crippen LogP contribution >= 0.6 is 11.3 Å². The van der Waals surface area contributed by atoms with Gasteiger partial charge in [-0.3, -0.25) is 9.59 Å². The summed E-state index contributed by atoms with van der Waals surface area (Å²) in [6.07, 6.45) is 0. The van der Waals surface area contributed by atoms with Gasteiger partial charge in [0.1, 0.15) is 5.58 Å². The van der Waals surface area contributed by atoms with Crippen molar-refractivity contribution < 1.29 is 13.9 Å². The molecule has 0 aliphatic carbocycles. The number of para-hydroxylation sites is 1. The lowest BCUT2D eigenvalue weighted by Gasteiger charge is -2.22. The highest BCUT2D eigenvalue weighted by Gasteiger charge is 2.18. The molecule has 0 unspecified atom stereocenters. The first-order valence-electron chi connectivity index (χ1n) is 9.15. The Balaban J connectivity index is 1.54. The number of carbonyl (C=O) groups excluding carboxylic acids is 1. The molecular weight excluding hydrogens is 386 g/mol. The minimum absolute atomic E-state index is 0.0313. The molecule has 6 heteroatoms. The van der Waals surface area contributed by atoms with E-state index < -0.39 is 0 Å². The standard InChI is InChI=1S/C23H19NO4S/c1-16-9-10-21-19(12-16)20(25)13-23(28-21)27-15-22(26)24(14-18-8-5-11-29-18)17-6-3-2-4-7-17/h2-13H,14-15H2,1H3. The molecule has 1 amide bonds. The summed E-state index contributed by atoms with van der Waals surface area (Å²) in [6.45, 7) is 2.12. The second-order valence-electron chi connectivity index (χ2n) is 6.61. The van der Waals surface area contributed by atoms with E-state index in [0.29, 0.717) is 17.5 Å². The predicted molar refractivity (Wildman–Crippen MR) is 115 cm³/mol. The fourth-order valence-corrected chi connectivity index (χ4v) is 3.71. The number of benzene rings is 2. The normalized spacial score (nSPS) is 10.8. The topological polar surface area (TPSA) is 59.8 Å². The molecule has 0 aliphatic heterocycles. The minimum Gasteiger partial charge on any atom is -0.455 e. The summed E-state index contributed by atoms with van der Waals surface area (Å²) in [6, 6.07) is 20.0. The molecule has 0 saturated carbocycles. The van der Waals surface area contributed by atoms with E-state index in [1.54, 1.807) is 28.4 Å². The van der Waals surface area contributed by atoms with Crippen LogP contribution in [-0.4, -0.2) is 12.5 Å². The first-order chi connectivity index (χ1) is 14.1. The lowest BCUT2D eigenvalue weighted by molar-refractivity contribution is -0.121. The molecule has 146 valence electrons. The molecular formula is C23H19NO4S. The van der Waals surface area contributed by atoms with E-state index in [1.165, 1.54) is 6.07 Å². The summed E-state index contributed by atoms with van der Waals surface area (Å²) in [7, 11) is 0. The molecule has 0 fully saturated rings. The maximum absolute atomic E-state index is 12.9. The van der Waals surface area contributed by atoms with E-state index in [4.69, 9.17) is 9.15 Å². The van der Waals surface area contributed by atoms with Crippen molar-refractivity contribution in [1.82, 2.24) is 0 Å². The number of hydrogen-bond donors (Lipinski definition) is 0. The highest BCUT2D eigenvalue weighted by Crippen LogP contribution is 2.21. The van der Waals surface area contributed by atoms with Crippen molar-refractivity contribution in [2.45, 2.75) is 13.5 Å². The van der Waals surface area contributed by atoms with E-state index in [1.807, 2.05) is 60.8 Å². The summed E-state index contributed by atoms with van der Waals surface area (Å²) in [5.74, 6) is -0.194. The average molecular weight is 405 g/mol. The third kappa shape index (κ3) is 4.38. The molecule has 0 radical (unpaired) electrons. The second kappa shape index (κ2) is 8.32. The molecule has 2 aromatic heterocycles. The number of aryl methyl sites for hydroxylation is 1. The summed E-state index contributed by atoms with van der Waals surface area (Å²) >= 11 is 1.59. The van der Waals surface area contributed by atoms with Gasteiger partial charge in [-0.05, 0) is 42.6 Å². The maximum Gasteiger partial charge on any atom is 0.289 e. The zero-order chi connectivity index (χ0) is 20.2. The molecule has 2 heterocycles. The third-order valence-electron chi connectivity index (χ3n) is 4.46. The van der Waals surface area contributed by atoms with Crippen molar-refractivity contribution in [2.24, 2.45) is 0 Å². The van der Waals surface area contributed by atoms with Crippen molar-refractivity contribution in [3.05, 3.63) is 92.8 Å². The fraction of sp³-hybridized carbons (Fsp3) is 0.130. The number of nitrogens with zero attached hydrogens (tertiary/aromatic N) is 1. The molecule has 0 saturated heterocycles. The van der Waals surface area contributed by atoms with Crippen LogP contribution in [-0.2, 0) is 11.3 Å². The van der Waals surface area contributed by atoms with Crippen LogP contribution in [0.5, 0.6) is 5.95 Å². The van der Waals surface area contributed by atoms with Gasteiger partial charge >= 0.3 is 0 Å². The minimum atomic E-state index is -0.236. The van der Waals surface area contributed by atoms with Crippen LogP contribution in [0, 0.1) is 6.92 Å². The van der Waals surface area contributed by atoms with Crippen molar-refractivity contribution >= 4 is 33.9 Å². The molecule has 0 spiro atoms. The van der Waals surface area contributed by atoms with Gasteiger partial charge in [-0.25, -0.2) is 0 Å². The Morgan fingerprint density at radius 3 is 2.66 bits per heavy atom. The Morgan fingerprint density at radius 2 is 1.90 bits per heavy atom. The molecule has 0 N–H and O–H groups in total. The smallest absolute Gasteiger partial charge is 0.289 e. The zero-order valence-corrected chi connectivity index (χ0v) is 16.6. The van der Waals surface area contributed by atoms with Crippen LogP contribution in [0.25, 0.3) is 11.0 Å². The monoisotopic (exact) mass is 405 g/mol. The quantitative estimate of drug-likeness (QED) is 0.463. The summed E-state index contributed by atoms with van der Waals surface area (Å²) < 4.78 is 11.2. The molecule has 2 aromatic carbocycles.